The minimum atomic E-state index is -4.10. The molecule has 48 heavy (non-hydrogen) atoms. The van der Waals surface area contributed by atoms with Gasteiger partial charge >= 0.3 is 5.97 Å². The Hall–Kier alpha value is -4.04. The molecule has 3 amide bonds. The average molecular weight is 724 g/mol. The SMILES string of the molecule is CN(C)S(=O)(=O)c1cc(C(N)=NCC(=O)NC(C(=O)N[C@@H]2C(=O)N3[C@@H]2SC(C)(C)[C@@H]3C(=O)O)c2ccccc2)cc(S(=O)(=O)N(C)C)c1. The van der Waals surface area contributed by atoms with Gasteiger partial charge in [0, 0.05) is 38.5 Å². The van der Waals surface area contributed by atoms with Gasteiger partial charge in [-0.15, -0.1) is 11.8 Å². The summed E-state index contributed by atoms with van der Waals surface area (Å²) in [7, 11) is -3.09. The third-order valence-electron chi connectivity index (χ3n) is 7.80. The maximum absolute atomic E-state index is 13.5. The number of amides is 3. The highest BCUT2D eigenvalue weighted by molar-refractivity contribution is 8.01. The fourth-order valence-corrected chi connectivity index (χ4v) is 8.87. The molecular weight excluding hydrogens is 687 g/mol. The molecule has 0 spiro atoms. The number of hydrogen-bond donors (Lipinski definition) is 4. The summed E-state index contributed by atoms with van der Waals surface area (Å²) in [5, 5.41) is 14.3. The number of nitrogens with zero attached hydrogens (tertiary/aromatic N) is 4. The summed E-state index contributed by atoms with van der Waals surface area (Å²) in [6.07, 6.45) is 0. The highest BCUT2D eigenvalue weighted by Crippen LogP contribution is 2.50. The molecule has 2 saturated heterocycles. The number of hydrogen-bond acceptors (Lipinski definition) is 10. The minimum absolute atomic E-state index is 0.0757. The number of carboxylic acids is 1. The quantitative estimate of drug-likeness (QED) is 0.123. The fourth-order valence-electron chi connectivity index (χ4n) is 5.22. The van der Waals surface area contributed by atoms with Crippen LogP contribution in [0.3, 0.4) is 0 Å². The highest BCUT2D eigenvalue weighted by atomic mass is 32.2. The van der Waals surface area contributed by atoms with Crippen LogP contribution in [0.5, 0.6) is 0 Å². The molecular formula is C29H37N7O9S3. The predicted octanol–water partition coefficient (Wildman–Crippen LogP) is -0.618. The largest absolute Gasteiger partial charge is 0.480 e. The summed E-state index contributed by atoms with van der Waals surface area (Å²) in [5.74, 6) is -3.54. The van der Waals surface area contributed by atoms with Gasteiger partial charge in [0.25, 0.3) is 0 Å². The highest BCUT2D eigenvalue weighted by Gasteiger charge is 2.64. The molecule has 2 aromatic rings. The van der Waals surface area contributed by atoms with Crippen molar-refractivity contribution in [1.29, 1.82) is 0 Å². The maximum atomic E-state index is 13.5. The van der Waals surface area contributed by atoms with Crippen LogP contribution in [0.2, 0.25) is 0 Å². The number of carbonyl (C=O) groups is 4. The van der Waals surface area contributed by atoms with E-state index in [1.165, 1.54) is 44.9 Å². The van der Waals surface area contributed by atoms with Crippen molar-refractivity contribution < 1.29 is 41.1 Å². The normalized spacial score (nSPS) is 21.4. The molecule has 4 atom stereocenters. The van der Waals surface area contributed by atoms with Crippen LogP contribution in [0.1, 0.15) is 31.0 Å². The Balaban J connectivity index is 1.56. The van der Waals surface area contributed by atoms with Crippen molar-refractivity contribution in [2.45, 2.75) is 51.9 Å². The third kappa shape index (κ3) is 7.05. The molecule has 0 aromatic heterocycles. The number of aliphatic imine (C=N–C) groups is 1. The van der Waals surface area contributed by atoms with Crippen LogP contribution in [-0.2, 0) is 39.2 Å². The minimum Gasteiger partial charge on any atom is -0.480 e. The van der Waals surface area contributed by atoms with Crippen molar-refractivity contribution >= 4 is 61.3 Å². The number of nitrogens with two attached hydrogens (primary N) is 1. The van der Waals surface area contributed by atoms with Crippen molar-refractivity contribution in [2.24, 2.45) is 10.7 Å². The number of nitrogens with one attached hydrogen (secondary N) is 2. The lowest BCUT2D eigenvalue weighted by atomic mass is 9.95. The van der Waals surface area contributed by atoms with E-state index in [0.29, 0.717) is 5.56 Å². The number of fused-ring (bicyclic) bond motifs is 1. The van der Waals surface area contributed by atoms with Gasteiger partial charge in [0.1, 0.15) is 35.9 Å². The van der Waals surface area contributed by atoms with Crippen LogP contribution in [0.25, 0.3) is 0 Å². The summed E-state index contributed by atoms with van der Waals surface area (Å²) < 4.78 is 52.5. The molecule has 0 aliphatic carbocycles. The zero-order chi connectivity index (χ0) is 35.9. The first-order chi connectivity index (χ1) is 22.2. The Morgan fingerprint density at radius 3 is 2.04 bits per heavy atom. The third-order valence-corrected chi connectivity index (χ3v) is 13.0. The van der Waals surface area contributed by atoms with Gasteiger partial charge in [0.2, 0.25) is 37.8 Å². The Kier molecular flexibility index (Phi) is 10.3. The van der Waals surface area contributed by atoms with E-state index >= 15 is 0 Å². The topological polar surface area (TPSA) is 229 Å². The summed E-state index contributed by atoms with van der Waals surface area (Å²) in [4.78, 5) is 56.0. The van der Waals surface area contributed by atoms with Crippen molar-refractivity contribution in [3.8, 4) is 0 Å². The number of sulfonamides is 2. The number of rotatable bonds is 12. The van der Waals surface area contributed by atoms with Gasteiger partial charge in [-0.3, -0.25) is 19.4 Å². The van der Waals surface area contributed by atoms with Crippen molar-refractivity contribution in [2.75, 3.05) is 34.7 Å². The molecule has 260 valence electrons. The molecule has 1 unspecified atom stereocenters. The summed E-state index contributed by atoms with van der Waals surface area (Å²) >= 11 is 1.26. The molecule has 2 aliphatic rings. The van der Waals surface area contributed by atoms with Gasteiger partial charge in [-0.25, -0.2) is 30.2 Å². The van der Waals surface area contributed by atoms with Crippen molar-refractivity contribution in [3.63, 3.8) is 0 Å². The number of carboxylic acid groups (broad SMARTS) is 1. The van der Waals surface area contributed by atoms with Gasteiger partial charge in [-0.05, 0) is 37.6 Å². The van der Waals surface area contributed by atoms with E-state index in [2.05, 4.69) is 15.6 Å². The van der Waals surface area contributed by atoms with E-state index in [1.807, 2.05) is 0 Å². The van der Waals surface area contributed by atoms with Gasteiger partial charge < -0.3 is 26.4 Å². The lowest BCUT2D eigenvalue weighted by Crippen LogP contribution is -2.71. The van der Waals surface area contributed by atoms with Crippen molar-refractivity contribution in [3.05, 3.63) is 59.7 Å². The van der Waals surface area contributed by atoms with Crippen LogP contribution in [0, 0.1) is 0 Å². The number of β-lactam (4-membered cyclic amide) rings is 1. The standard InChI is InChI=1S/C29H37N7O9S3/c1-29(2)23(28(40)41)36-26(39)22(27(36)46-29)33-25(38)21(16-10-8-7-9-11-16)32-20(37)15-31-24(30)17-12-18(47(42,43)34(3)4)14-19(13-17)48(44,45)35(5)6/h7-14,21-23,27H,15H2,1-6H3,(H2,30,31)(H,32,37)(H,33,38)(H,40,41)/t21?,22-,23+,27-/m1/s1. The fraction of sp³-hybridized carbons (Fsp3) is 0.414. The van der Waals surface area contributed by atoms with E-state index < -0.39 is 78.5 Å². The molecule has 19 heteroatoms. The lowest BCUT2D eigenvalue weighted by molar-refractivity contribution is -0.161. The monoisotopic (exact) mass is 723 g/mol. The molecule has 2 aliphatic heterocycles. The molecule has 2 heterocycles. The van der Waals surface area contributed by atoms with Gasteiger partial charge in [-0.2, -0.15) is 0 Å². The summed E-state index contributed by atoms with van der Waals surface area (Å²) in [5.41, 5.74) is 6.43. The van der Waals surface area contributed by atoms with Crippen LogP contribution in [-0.4, -0.2) is 122 Å². The first kappa shape index (κ1) is 36.8. The molecule has 0 bridgehead atoms. The van der Waals surface area contributed by atoms with Gasteiger partial charge in [0.15, 0.2) is 0 Å². The molecule has 0 radical (unpaired) electrons. The second-order valence-corrected chi connectivity index (χ2v) is 18.0. The summed E-state index contributed by atoms with van der Waals surface area (Å²) in [6, 6.07) is 8.09. The number of carbonyl (C=O) groups excluding carboxylic acids is 3. The van der Waals surface area contributed by atoms with E-state index in [9.17, 15) is 41.1 Å². The number of benzene rings is 2. The second-order valence-electron chi connectivity index (χ2n) is 12.0. The molecule has 4 rings (SSSR count). The maximum Gasteiger partial charge on any atom is 0.327 e. The average Bonchev–Trinajstić information content (AvgIpc) is 3.28. The summed E-state index contributed by atoms with van der Waals surface area (Å²) in [6.45, 7) is 2.78. The predicted molar refractivity (Wildman–Crippen MR) is 177 cm³/mol. The Morgan fingerprint density at radius 1 is 1.00 bits per heavy atom. The Morgan fingerprint density at radius 2 is 1.54 bits per heavy atom. The Labute approximate surface area is 282 Å². The molecule has 5 N–H and O–H groups in total. The second kappa shape index (κ2) is 13.5. The molecule has 0 saturated carbocycles. The number of thioether (sulfide) groups is 1. The van der Waals surface area contributed by atoms with Crippen LogP contribution in [0.4, 0.5) is 0 Å². The molecule has 2 aromatic carbocycles. The molecule has 16 nitrogen and oxygen atoms in total. The smallest absolute Gasteiger partial charge is 0.327 e. The van der Waals surface area contributed by atoms with E-state index in [4.69, 9.17) is 5.73 Å². The lowest BCUT2D eigenvalue weighted by Gasteiger charge is -2.44. The van der Waals surface area contributed by atoms with E-state index in [1.54, 1.807) is 44.2 Å². The van der Waals surface area contributed by atoms with Gasteiger partial charge in [-0.1, -0.05) is 30.3 Å². The number of aliphatic carboxylic acids is 1. The zero-order valence-corrected chi connectivity index (χ0v) is 29.4. The van der Waals surface area contributed by atoms with Crippen LogP contribution < -0.4 is 16.4 Å². The first-order valence-electron chi connectivity index (χ1n) is 14.4. The number of amidine groups is 1. The molecule has 2 fully saturated rings. The van der Waals surface area contributed by atoms with E-state index in [0.717, 1.165) is 26.8 Å². The van der Waals surface area contributed by atoms with E-state index in [-0.39, 0.29) is 21.2 Å². The van der Waals surface area contributed by atoms with Crippen LogP contribution >= 0.6 is 11.8 Å². The first-order valence-corrected chi connectivity index (χ1v) is 18.1. The van der Waals surface area contributed by atoms with Crippen molar-refractivity contribution in [1.82, 2.24) is 24.1 Å². The van der Waals surface area contributed by atoms with Crippen LogP contribution in [0.15, 0.2) is 63.3 Å². The Bertz CT molecular complexity index is 1830. The van der Waals surface area contributed by atoms with Gasteiger partial charge in [0.05, 0.1) is 9.79 Å². The zero-order valence-electron chi connectivity index (χ0n) is 26.9.